The molecule has 4 rings (SSSR count). The zero-order valence-corrected chi connectivity index (χ0v) is 14.7. The Bertz CT molecular complexity index is 611. The minimum Gasteiger partial charge on any atom is -0.370 e. The fourth-order valence-corrected chi connectivity index (χ4v) is 4.15. The van der Waals surface area contributed by atoms with Gasteiger partial charge in [0.05, 0.1) is 6.04 Å². The van der Waals surface area contributed by atoms with E-state index in [4.69, 9.17) is 5.73 Å². The summed E-state index contributed by atoms with van der Waals surface area (Å²) in [5.41, 5.74) is 5.57. The Morgan fingerprint density at radius 2 is 1.96 bits per heavy atom. The number of carbonyl (C=O) groups excluding carboxylic acids is 1. The molecule has 136 valence electrons. The summed E-state index contributed by atoms with van der Waals surface area (Å²) in [6.07, 6.45) is 8.42. The van der Waals surface area contributed by atoms with Crippen LogP contribution in [0.4, 0.5) is 11.6 Å². The third-order valence-corrected chi connectivity index (χ3v) is 5.80. The number of hydrogen-bond donors (Lipinski definition) is 2. The molecule has 0 bridgehead atoms. The van der Waals surface area contributed by atoms with Gasteiger partial charge in [0.15, 0.2) is 0 Å². The van der Waals surface area contributed by atoms with Crippen LogP contribution in [0.1, 0.15) is 38.5 Å². The monoisotopic (exact) mass is 344 g/mol. The molecule has 0 spiro atoms. The lowest BCUT2D eigenvalue weighted by molar-refractivity contribution is -0.123. The number of amides is 1. The number of nitrogens with zero attached hydrogens (tertiary/aromatic N) is 4. The number of likely N-dealkylation sites (tertiary alicyclic amines) is 1. The first-order chi connectivity index (χ1) is 12.2. The van der Waals surface area contributed by atoms with E-state index in [-0.39, 0.29) is 11.9 Å². The lowest BCUT2D eigenvalue weighted by Crippen LogP contribution is -2.50. The van der Waals surface area contributed by atoms with E-state index in [2.05, 4.69) is 31.2 Å². The Balaban J connectivity index is 1.33. The van der Waals surface area contributed by atoms with Crippen LogP contribution in [-0.2, 0) is 4.79 Å². The minimum atomic E-state index is -0.165. The van der Waals surface area contributed by atoms with Gasteiger partial charge in [-0.25, -0.2) is 9.97 Å². The lowest BCUT2D eigenvalue weighted by atomic mass is 10.0. The maximum atomic E-state index is 11.6. The van der Waals surface area contributed by atoms with E-state index in [0.29, 0.717) is 6.04 Å². The van der Waals surface area contributed by atoms with Crippen LogP contribution in [0.5, 0.6) is 0 Å². The standard InChI is InChI=1S/C18H28N6O/c19-18(25)15-2-1-7-24(15)14-5-8-23(9-6-14)17-10-16(21-12-22-17)20-11-13-3-4-13/h10,12-15H,1-9,11H2,(H2,19,25)(H,20,21,22). The van der Waals surface area contributed by atoms with Gasteiger partial charge in [0, 0.05) is 31.7 Å². The highest BCUT2D eigenvalue weighted by atomic mass is 16.1. The third-order valence-electron chi connectivity index (χ3n) is 5.80. The molecule has 7 nitrogen and oxygen atoms in total. The maximum Gasteiger partial charge on any atom is 0.234 e. The first-order valence-corrected chi connectivity index (χ1v) is 9.56. The molecule has 1 unspecified atom stereocenters. The highest BCUT2D eigenvalue weighted by Crippen LogP contribution is 2.30. The number of primary amides is 1. The molecule has 2 aliphatic heterocycles. The van der Waals surface area contributed by atoms with Gasteiger partial charge >= 0.3 is 0 Å². The predicted molar refractivity (Wildman–Crippen MR) is 97.4 cm³/mol. The first-order valence-electron chi connectivity index (χ1n) is 9.56. The molecule has 3 N–H and O–H groups in total. The summed E-state index contributed by atoms with van der Waals surface area (Å²) in [4.78, 5) is 25.1. The van der Waals surface area contributed by atoms with E-state index in [1.165, 1.54) is 12.8 Å². The van der Waals surface area contributed by atoms with E-state index >= 15 is 0 Å². The van der Waals surface area contributed by atoms with Crippen molar-refractivity contribution in [3.63, 3.8) is 0 Å². The van der Waals surface area contributed by atoms with Gasteiger partial charge in [0.2, 0.25) is 5.91 Å². The van der Waals surface area contributed by atoms with Crippen molar-refractivity contribution in [2.75, 3.05) is 36.4 Å². The minimum absolute atomic E-state index is 0.0613. The molecule has 3 heterocycles. The number of nitrogens with two attached hydrogens (primary N) is 1. The molecule has 1 atom stereocenters. The van der Waals surface area contributed by atoms with E-state index in [1.807, 2.05) is 0 Å². The second-order valence-electron chi connectivity index (χ2n) is 7.60. The Morgan fingerprint density at radius 3 is 2.68 bits per heavy atom. The van der Waals surface area contributed by atoms with E-state index in [9.17, 15) is 4.79 Å². The SMILES string of the molecule is NC(=O)C1CCCN1C1CCN(c2cc(NCC3CC3)ncn2)CC1. The molecule has 7 heteroatoms. The Hall–Kier alpha value is -1.89. The second-order valence-corrected chi connectivity index (χ2v) is 7.60. The molecule has 25 heavy (non-hydrogen) atoms. The molecule has 1 saturated carbocycles. The van der Waals surface area contributed by atoms with Gasteiger partial charge in [-0.05, 0) is 51.0 Å². The summed E-state index contributed by atoms with van der Waals surface area (Å²) in [5.74, 6) is 2.59. The zero-order valence-electron chi connectivity index (χ0n) is 14.7. The summed E-state index contributed by atoms with van der Waals surface area (Å²) in [7, 11) is 0. The van der Waals surface area contributed by atoms with Crippen molar-refractivity contribution in [2.45, 2.75) is 50.6 Å². The predicted octanol–water partition coefficient (Wildman–Crippen LogP) is 1.22. The molecule has 2 saturated heterocycles. The van der Waals surface area contributed by atoms with Crippen molar-refractivity contribution in [1.29, 1.82) is 0 Å². The van der Waals surface area contributed by atoms with Crippen molar-refractivity contribution in [3.8, 4) is 0 Å². The summed E-state index contributed by atoms with van der Waals surface area (Å²) in [6, 6.07) is 2.46. The Kier molecular flexibility index (Phi) is 4.74. The fraction of sp³-hybridized carbons (Fsp3) is 0.722. The number of aromatic nitrogens is 2. The first kappa shape index (κ1) is 16.6. The van der Waals surface area contributed by atoms with Crippen LogP contribution in [0.25, 0.3) is 0 Å². The highest BCUT2D eigenvalue weighted by molar-refractivity contribution is 5.80. The molecule has 0 radical (unpaired) electrons. The average molecular weight is 344 g/mol. The van der Waals surface area contributed by atoms with Crippen molar-refractivity contribution in [1.82, 2.24) is 14.9 Å². The number of carbonyl (C=O) groups is 1. The van der Waals surface area contributed by atoms with Gasteiger partial charge in [0.25, 0.3) is 0 Å². The van der Waals surface area contributed by atoms with Crippen LogP contribution in [-0.4, -0.2) is 59.0 Å². The third kappa shape index (κ3) is 3.86. The zero-order chi connectivity index (χ0) is 17.2. The van der Waals surface area contributed by atoms with Crippen molar-refractivity contribution >= 4 is 17.5 Å². The Morgan fingerprint density at radius 1 is 1.16 bits per heavy atom. The topological polar surface area (TPSA) is 87.4 Å². The lowest BCUT2D eigenvalue weighted by Gasteiger charge is -2.39. The van der Waals surface area contributed by atoms with Crippen LogP contribution < -0.4 is 16.0 Å². The molecule has 0 aromatic carbocycles. The van der Waals surface area contributed by atoms with Crippen LogP contribution in [0, 0.1) is 5.92 Å². The number of nitrogens with one attached hydrogen (secondary N) is 1. The summed E-state index contributed by atoms with van der Waals surface area (Å²) in [5, 5.41) is 3.42. The van der Waals surface area contributed by atoms with Crippen LogP contribution >= 0.6 is 0 Å². The summed E-state index contributed by atoms with van der Waals surface area (Å²) in [6.45, 7) is 3.94. The second kappa shape index (κ2) is 7.15. The highest BCUT2D eigenvalue weighted by Gasteiger charge is 2.35. The van der Waals surface area contributed by atoms with Crippen molar-refractivity contribution < 1.29 is 4.79 Å². The van der Waals surface area contributed by atoms with Crippen LogP contribution in [0.2, 0.25) is 0 Å². The van der Waals surface area contributed by atoms with Crippen molar-refractivity contribution in [3.05, 3.63) is 12.4 Å². The summed E-state index contributed by atoms with van der Waals surface area (Å²) < 4.78 is 0. The van der Waals surface area contributed by atoms with Gasteiger partial charge in [-0.3, -0.25) is 9.69 Å². The van der Waals surface area contributed by atoms with Crippen LogP contribution in [0.15, 0.2) is 12.4 Å². The maximum absolute atomic E-state index is 11.6. The van der Waals surface area contributed by atoms with E-state index in [0.717, 1.165) is 69.4 Å². The average Bonchev–Trinajstić information content (AvgIpc) is 3.34. The summed E-state index contributed by atoms with van der Waals surface area (Å²) >= 11 is 0. The molecular formula is C18H28N6O. The van der Waals surface area contributed by atoms with Crippen LogP contribution in [0.3, 0.4) is 0 Å². The number of anilines is 2. The number of hydrogen-bond acceptors (Lipinski definition) is 6. The quantitative estimate of drug-likeness (QED) is 0.807. The van der Waals surface area contributed by atoms with Gasteiger partial charge in [-0.1, -0.05) is 0 Å². The molecule has 1 aliphatic carbocycles. The van der Waals surface area contributed by atoms with Gasteiger partial charge in [-0.2, -0.15) is 0 Å². The molecule has 3 fully saturated rings. The molecule has 1 amide bonds. The molecule has 1 aromatic rings. The number of piperidine rings is 1. The van der Waals surface area contributed by atoms with Gasteiger partial charge < -0.3 is 16.0 Å². The van der Waals surface area contributed by atoms with E-state index < -0.39 is 0 Å². The largest absolute Gasteiger partial charge is 0.370 e. The molecule has 3 aliphatic rings. The molecule has 1 aromatic heterocycles. The number of rotatable bonds is 6. The Labute approximate surface area is 149 Å². The van der Waals surface area contributed by atoms with E-state index in [1.54, 1.807) is 6.33 Å². The van der Waals surface area contributed by atoms with Gasteiger partial charge in [-0.15, -0.1) is 0 Å². The van der Waals surface area contributed by atoms with Crippen molar-refractivity contribution in [2.24, 2.45) is 11.7 Å². The fourth-order valence-electron chi connectivity index (χ4n) is 4.15. The normalized spacial score (nSPS) is 25.3. The van der Waals surface area contributed by atoms with Gasteiger partial charge in [0.1, 0.15) is 18.0 Å². The molecular weight excluding hydrogens is 316 g/mol. The smallest absolute Gasteiger partial charge is 0.234 e.